The summed E-state index contributed by atoms with van der Waals surface area (Å²) in [6.45, 7) is 7.19. The van der Waals surface area contributed by atoms with Crippen molar-refractivity contribution in [2.45, 2.75) is 32.5 Å². The molecule has 0 aliphatic rings. The van der Waals surface area contributed by atoms with E-state index in [0.29, 0.717) is 23.5 Å². The highest BCUT2D eigenvalue weighted by Crippen LogP contribution is 2.29. The summed E-state index contributed by atoms with van der Waals surface area (Å²) in [7, 11) is 1.87. The van der Waals surface area contributed by atoms with Crippen LogP contribution in [0.3, 0.4) is 0 Å². The average Bonchev–Trinajstić information content (AvgIpc) is 3.25. The molecule has 28 heavy (non-hydrogen) atoms. The number of ether oxygens (including phenoxy) is 1. The predicted octanol–water partition coefficient (Wildman–Crippen LogP) is 3.14. The zero-order chi connectivity index (χ0) is 20.1. The number of nitrogens with one attached hydrogen (secondary N) is 1. The van der Waals surface area contributed by atoms with E-state index in [4.69, 9.17) is 4.74 Å². The molecule has 1 aromatic carbocycles. The molecule has 0 saturated carbocycles. The molecule has 0 aliphatic carbocycles. The lowest BCUT2D eigenvalue weighted by Gasteiger charge is -2.06. The number of carbonyl (C=O) groups is 1. The number of thioether (sulfide) groups is 1. The second-order valence-electron chi connectivity index (χ2n) is 6.20. The summed E-state index contributed by atoms with van der Waals surface area (Å²) in [6.07, 6.45) is 1.90. The Labute approximate surface area is 168 Å². The molecular formula is C19H24N6O2S. The van der Waals surface area contributed by atoms with Crippen LogP contribution in [-0.2, 0) is 18.4 Å². The summed E-state index contributed by atoms with van der Waals surface area (Å²) in [5.74, 6) is 1.34. The fraction of sp³-hybridized carbons (Fsp3) is 0.368. The van der Waals surface area contributed by atoms with E-state index in [9.17, 15) is 4.79 Å². The van der Waals surface area contributed by atoms with Crippen molar-refractivity contribution in [3.05, 3.63) is 36.0 Å². The van der Waals surface area contributed by atoms with Gasteiger partial charge in [0.05, 0.1) is 12.4 Å². The summed E-state index contributed by atoms with van der Waals surface area (Å²) >= 11 is 1.33. The lowest BCUT2D eigenvalue weighted by Crippen LogP contribution is -2.14. The molecule has 8 nitrogen and oxygen atoms in total. The second-order valence-corrected chi connectivity index (χ2v) is 7.15. The maximum atomic E-state index is 12.2. The van der Waals surface area contributed by atoms with E-state index in [1.54, 1.807) is 4.68 Å². The molecule has 9 heteroatoms. The molecule has 1 N–H and O–H groups in total. The van der Waals surface area contributed by atoms with Gasteiger partial charge in [-0.3, -0.25) is 9.48 Å². The summed E-state index contributed by atoms with van der Waals surface area (Å²) in [5, 5.41) is 16.4. The molecule has 2 heterocycles. The van der Waals surface area contributed by atoms with E-state index in [-0.39, 0.29) is 11.7 Å². The van der Waals surface area contributed by atoms with Gasteiger partial charge in [0.15, 0.2) is 11.0 Å². The predicted molar refractivity (Wildman–Crippen MR) is 110 cm³/mol. The number of carbonyl (C=O) groups excluding carboxylic acids is 1. The van der Waals surface area contributed by atoms with E-state index in [0.717, 1.165) is 23.4 Å². The number of amides is 1. The Morgan fingerprint density at radius 2 is 1.96 bits per heavy atom. The maximum absolute atomic E-state index is 12.2. The summed E-state index contributed by atoms with van der Waals surface area (Å²) in [6, 6.07) is 7.70. The number of benzene rings is 1. The molecule has 2 aromatic heterocycles. The molecular weight excluding hydrogens is 376 g/mol. The smallest absolute Gasteiger partial charge is 0.243 e. The molecule has 0 aliphatic heterocycles. The molecule has 0 spiro atoms. The lowest BCUT2D eigenvalue weighted by molar-refractivity contribution is -0.113. The van der Waals surface area contributed by atoms with Crippen molar-refractivity contribution < 1.29 is 9.53 Å². The Balaban J connectivity index is 1.69. The van der Waals surface area contributed by atoms with Crippen molar-refractivity contribution in [1.29, 1.82) is 0 Å². The van der Waals surface area contributed by atoms with Gasteiger partial charge in [-0.05, 0) is 32.9 Å². The second kappa shape index (κ2) is 8.92. The molecule has 3 rings (SSSR count). The van der Waals surface area contributed by atoms with Gasteiger partial charge in [-0.25, -0.2) is 0 Å². The van der Waals surface area contributed by atoms with Gasteiger partial charge in [0, 0.05) is 25.5 Å². The monoisotopic (exact) mass is 400 g/mol. The molecule has 1 amide bonds. The number of anilines is 1. The molecule has 0 saturated heterocycles. The number of hydrogen-bond donors (Lipinski definition) is 1. The molecule has 148 valence electrons. The highest BCUT2D eigenvalue weighted by atomic mass is 32.2. The van der Waals surface area contributed by atoms with Crippen molar-refractivity contribution in [1.82, 2.24) is 24.5 Å². The van der Waals surface area contributed by atoms with Gasteiger partial charge in [0.1, 0.15) is 5.56 Å². The van der Waals surface area contributed by atoms with Crippen LogP contribution >= 0.6 is 11.8 Å². The molecule has 0 radical (unpaired) electrons. The van der Waals surface area contributed by atoms with Crippen LogP contribution in [0.15, 0.2) is 35.6 Å². The molecule has 0 bridgehead atoms. The Hall–Kier alpha value is -2.81. The Bertz CT molecular complexity index is 948. The number of nitrogens with zero attached hydrogens (tertiary/aromatic N) is 5. The van der Waals surface area contributed by atoms with Gasteiger partial charge >= 0.3 is 0 Å². The topological polar surface area (TPSA) is 86.9 Å². The SMILES string of the molecule is CCOc1nn(CC)cc1-c1nnc(SCC(=O)Nc2ccc(C)cc2)n1C. The minimum absolute atomic E-state index is 0.0905. The van der Waals surface area contributed by atoms with Gasteiger partial charge < -0.3 is 14.6 Å². The number of aryl methyl sites for hydroxylation is 2. The largest absolute Gasteiger partial charge is 0.476 e. The van der Waals surface area contributed by atoms with Gasteiger partial charge in [-0.2, -0.15) is 0 Å². The van der Waals surface area contributed by atoms with E-state index >= 15 is 0 Å². The van der Waals surface area contributed by atoms with Crippen LogP contribution in [0.1, 0.15) is 19.4 Å². The number of hydrogen-bond acceptors (Lipinski definition) is 6. The lowest BCUT2D eigenvalue weighted by atomic mass is 10.2. The fourth-order valence-corrected chi connectivity index (χ4v) is 3.31. The average molecular weight is 401 g/mol. The minimum Gasteiger partial charge on any atom is -0.476 e. The molecule has 3 aromatic rings. The zero-order valence-electron chi connectivity index (χ0n) is 16.5. The fourth-order valence-electron chi connectivity index (χ4n) is 2.60. The number of aromatic nitrogens is 5. The van der Waals surface area contributed by atoms with E-state index in [1.807, 2.05) is 62.8 Å². The first-order valence-corrected chi connectivity index (χ1v) is 10.1. The van der Waals surface area contributed by atoms with Crippen molar-refractivity contribution in [3.8, 4) is 17.3 Å². The highest BCUT2D eigenvalue weighted by Gasteiger charge is 2.19. The Morgan fingerprint density at radius 1 is 1.21 bits per heavy atom. The summed E-state index contributed by atoms with van der Waals surface area (Å²) in [5.41, 5.74) is 2.72. The van der Waals surface area contributed by atoms with Crippen molar-refractivity contribution >= 4 is 23.4 Å². The van der Waals surface area contributed by atoms with E-state index < -0.39 is 0 Å². The van der Waals surface area contributed by atoms with Gasteiger partial charge in [0.2, 0.25) is 11.8 Å². The number of rotatable bonds is 8. The van der Waals surface area contributed by atoms with E-state index in [2.05, 4.69) is 20.6 Å². The first-order chi connectivity index (χ1) is 13.5. The first kappa shape index (κ1) is 19.9. The normalized spacial score (nSPS) is 10.9. The quantitative estimate of drug-likeness (QED) is 0.585. The van der Waals surface area contributed by atoms with Crippen molar-refractivity contribution in [2.24, 2.45) is 7.05 Å². The highest BCUT2D eigenvalue weighted by molar-refractivity contribution is 7.99. The third kappa shape index (κ3) is 4.53. The van der Waals surface area contributed by atoms with Crippen LogP contribution in [0.2, 0.25) is 0 Å². The standard InChI is InChI=1S/C19H24N6O2S/c1-5-25-11-15(18(23-25)27-6-2)17-21-22-19(24(17)4)28-12-16(26)20-14-9-7-13(3)8-10-14/h7-11H,5-6,12H2,1-4H3,(H,20,26). The molecule has 0 fully saturated rings. The Morgan fingerprint density at radius 3 is 2.64 bits per heavy atom. The Kier molecular flexibility index (Phi) is 6.35. The maximum Gasteiger partial charge on any atom is 0.243 e. The van der Waals surface area contributed by atoms with Gasteiger partial charge in [-0.1, -0.05) is 29.5 Å². The third-order valence-corrected chi connectivity index (χ3v) is 5.10. The zero-order valence-corrected chi connectivity index (χ0v) is 17.3. The van der Waals surface area contributed by atoms with Gasteiger partial charge in [0.25, 0.3) is 0 Å². The summed E-state index contributed by atoms with van der Waals surface area (Å²) < 4.78 is 9.28. The van der Waals surface area contributed by atoms with Crippen LogP contribution < -0.4 is 10.1 Å². The summed E-state index contributed by atoms with van der Waals surface area (Å²) in [4.78, 5) is 12.2. The van der Waals surface area contributed by atoms with Crippen LogP contribution in [0.5, 0.6) is 5.88 Å². The van der Waals surface area contributed by atoms with Gasteiger partial charge in [-0.15, -0.1) is 15.3 Å². The van der Waals surface area contributed by atoms with Crippen LogP contribution in [0.4, 0.5) is 5.69 Å². The first-order valence-electron chi connectivity index (χ1n) is 9.11. The van der Waals surface area contributed by atoms with Crippen LogP contribution in [0, 0.1) is 6.92 Å². The molecule has 0 atom stereocenters. The minimum atomic E-state index is -0.0905. The van der Waals surface area contributed by atoms with Crippen molar-refractivity contribution in [2.75, 3.05) is 17.7 Å². The molecule has 0 unspecified atom stereocenters. The van der Waals surface area contributed by atoms with E-state index in [1.165, 1.54) is 11.8 Å². The van der Waals surface area contributed by atoms with Crippen molar-refractivity contribution in [3.63, 3.8) is 0 Å². The van der Waals surface area contributed by atoms with Crippen LogP contribution in [0.25, 0.3) is 11.4 Å². The third-order valence-electron chi connectivity index (χ3n) is 4.08. The van der Waals surface area contributed by atoms with Crippen LogP contribution in [-0.4, -0.2) is 42.8 Å².